The summed E-state index contributed by atoms with van der Waals surface area (Å²) in [5, 5.41) is 3.11. The Hall–Kier alpha value is -4.04. The van der Waals surface area contributed by atoms with E-state index in [0.717, 1.165) is 28.9 Å². The first kappa shape index (κ1) is 24.6. The third-order valence-electron chi connectivity index (χ3n) is 6.99. The van der Waals surface area contributed by atoms with Crippen LogP contribution in [-0.4, -0.2) is 63.5 Å². The Morgan fingerprint density at radius 3 is 2.84 bits per heavy atom. The molecule has 1 N–H and O–H groups in total. The molecule has 0 aliphatic carbocycles. The predicted octanol–water partition coefficient (Wildman–Crippen LogP) is 4.07. The van der Waals surface area contributed by atoms with E-state index in [1.54, 1.807) is 23.9 Å². The number of carbonyl (C=O) groups is 1. The molecule has 3 aromatic heterocycles. The third-order valence-corrected chi connectivity index (χ3v) is 6.99. The first-order valence-corrected chi connectivity index (χ1v) is 12.5. The van der Waals surface area contributed by atoms with E-state index in [4.69, 9.17) is 9.47 Å². The SMILES string of the molecule is COCCOc1ccn2c(C(=O)Nc3cccc(C)c3C=[N+]3C(C)C3Cc3cccnc3C)cnc2c1. The number of carbonyl (C=O) groups excluding carboxylic acids is 1. The molecular formula is C29H32N5O3+. The zero-order valence-electron chi connectivity index (χ0n) is 21.6. The van der Waals surface area contributed by atoms with Gasteiger partial charge in [0.05, 0.1) is 24.1 Å². The molecule has 1 aliphatic rings. The highest BCUT2D eigenvalue weighted by atomic mass is 16.5. The molecular weight excluding hydrogens is 466 g/mol. The van der Waals surface area contributed by atoms with Crippen LogP contribution >= 0.6 is 0 Å². The molecule has 2 atom stereocenters. The number of ether oxygens (including phenoxy) is 2. The van der Waals surface area contributed by atoms with Crippen LogP contribution in [0.2, 0.25) is 0 Å². The van der Waals surface area contributed by atoms with Crippen molar-refractivity contribution >= 4 is 23.5 Å². The number of imidazole rings is 1. The molecule has 190 valence electrons. The lowest BCUT2D eigenvalue weighted by Gasteiger charge is -2.10. The molecule has 8 heteroatoms. The number of benzene rings is 1. The summed E-state index contributed by atoms with van der Waals surface area (Å²) in [5.41, 5.74) is 6.33. The molecule has 0 bridgehead atoms. The smallest absolute Gasteiger partial charge is 0.274 e. The predicted molar refractivity (Wildman–Crippen MR) is 143 cm³/mol. The van der Waals surface area contributed by atoms with E-state index < -0.39 is 0 Å². The quantitative estimate of drug-likeness (QED) is 0.214. The summed E-state index contributed by atoms with van der Waals surface area (Å²) in [4.78, 5) is 22.1. The molecule has 37 heavy (non-hydrogen) atoms. The number of aryl methyl sites for hydroxylation is 2. The maximum Gasteiger partial charge on any atom is 0.274 e. The summed E-state index contributed by atoms with van der Waals surface area (Å²) in [6.07, 6.45) is 8.33. The molecule has 5 rings (SSSR count). The number of anilines is 1. The Bertz CT molecular complexity index is 1480. The van der Waals surface area contributed by atoms with Crippen LogP contribution in [0.3, 0.4) is 0 Å². The minimum absolute atomic E-state index is 0.220. The summed E-state index contributed by atoms with van der Waals surface area (Å²) in [7, 11) is 1.63. The Morgan fingerprint density at radius 1 is 1.16 bits per heavy atom. The summed E-state index contributed by atoms with van der Waals surface area (Å²) < 4.78 is 14.8. The number of rotatable bonds is 9. The van der Waals surface area contributed by atoms with Crippen molar-refractivity contribution < 1.29 is 18.8 Å². The Morgan fingerprint density at radius 2 is 2.03 bits per heavy atom. The molecule has 1 saturated heterocycles. The lowest BCUT2D eigenvalue weighted by atomic mass is 10.1. The van der Waals surface area contributed by atoms with E-state index in [9.17, 15) is 4.79 Å². The van der Waals surface area contributed by atoms with Crippen molar-refractivity contribution in [3.8, 4) is 5.75 Å². The number of hydrogen-bond donors (Lipinski definition) is 1. The Kier molecular flexibility index (Phi) is 7.01. The average Bonchev–Trinajstić information content (AvgIpc) is 3.28. The fourth-order valence-corrected chi connectivity index (χ4v) is 4.64. The van der Waals surface area contributed by atoms with Gasteiger partial charge in [0.25, 0.3) is 5.91 Å². The third kappa shape index (κ3) is 5.24. The second-order valence-electron chi connectivity index (χ2n) is 9.40. The highest BCUT2D eigenvalue weighted by Gasteiger charge is 2.51. The largest absolute Gasteiger partial charge is 0.491 e. The van der Waals surface area contributed by atoms with Crippen molar-refractivity contribution in [1.29, 1.82) is 0 Å². The number of nitrogens with zero attached hydrogens (tertiary/aromatic N) is 4. The molecule has 0 saturated carbocycles. The first-order chi connectivity index (χ1) is 18.0. The van der Waals surface area contributed by atoms with Crippen LogP contribution in [0.5, 0.6) is 5.75 Å². The monoisotopic (exact) mass is 498 g/mol. The lowest BCUT2D eigenvalue weighted by molar-refractivity contribution is -0.373. The second kappa shape index (κ2) is 10.5. The first-order valence-electron chi connectivity index (χ1n) is 12.5. The molecule has 4 aromatic rings. The molecule has 1 aliphatic heterocycles. The van der Waals surface area contributed by atoms with Crippen molar-refractivity contribution in [3.05, 3.63) is 89.1 Å². The van der Waals surface area contributed by atoms with E-state index in [2.05, 4.69) is 59.0 Å². The van der Waals surface area contributed by atoms with Gasteiger partial charge < -0.3 is 14.8 Å². The number of amides is 1. The van der Waals surface area contributed by atoms with Gasteiger partial charge in [0.2, 0.25) is 12.1 Å². The van der Waals surface area contributed by atoms with E-state index in [-0.39, 0.29) is 5.91 Å². The highest BCUT2D eigenvalue weighted by Crippen LogP contribution is 2.28. The van der Waals surface area contributed by atoms with Gasteiger partial charge in [-0.1, -0.05) is 18.2 Å². The van der Waals surface area contributed by atoms with Gasteiger partial charge in [0, 0.05) is 44.6 Å². The van der Waals surface area contributed by atoms with Gasteiger partial charge >= 0.3 is 0 Å². The Balaban J connectivity index is 1.35. The molecule has 0 radical (unpaired) electrons. The van der Waals surface area contributed by atoms with Crippen LogP contribution in [0.1, 0.15) is 39.8 Å². The van der Waals surface area contributed by atoms with Crippen LogP contribution in [0, 0.1) is 13.8 Å². The van der Waals surface area contributed by atoms with Gasteiger partial charge in [-0.3, -0.25) is 14.2 Å². The van der Waals surface area contributed by atoms with Gasteiger partial charge in [-0.05, 0) is 43.2 Å². The molecule has 8 nitrogen and oxygen atoms in total. The van der Waals surface area contributed by atoms with E-state index in [1.807, 2.05) is 36.5 Å². The van der Waals surface area contributed by atoms with Crippen LogP contribution in [-0.2, 0) is 11.2 Å². The number of nitrogens with one attached hydrogen (secondary N) is 1. The number of pyridine rings is 2. The number of hydrogen-bond acceptors (Lipinski definition) is 5. The van der Waals surface area contributed by atoms with Crippen molar-refractivity contribution in [2.75, 3.05) is 25.6 Å². The average molecular weight is 499 g/mol. The zero-order chi connectivity index (χ0) is 25.9. The number of methoxy groups -OCH3 is 1. The summed E-state index contributed by atoms with van der Waals surface area (Å²) in [6, 6.07) is 14.6. The minimum Gasteiger partial charge on any atom is -0.491 e. The molecule has 0 spiro atoms. The summed E-state index contributed by atoms with van der Waals surface area (Å²) >= 11 is 0. The van der Waals surface area contributed by atoms with Crippen LogP contribution < -0.4 is 10.1 Å². The van der Waals surface area contributed by atoms with Crippen molar-refractivity contribution in [2.45, 2.75) is 39.3 Å². The standard InChI is InChI=1S/C29H31N5O3/c1-19-7-5-9-25(24(19)18-34-21(3)26(34)15-22-8-6-11-30-20(22)2)32-29(35)27-17-31-28-16-23(10-12-33(27)28)37-14-13-36-4/h5-12,16-18,21,26H,13-15H2,1-4H3/p+1. The summed E-state index contributed by atoms with van der Waals surface area (Å²) in [6.45, 7) is 7.31. The van der Waals surface area contributed by atoms with Gasteiger partial charge in [-0.15, -0.1) is 0 Å². The topological polar surface area (TPSA) is 80.8 Å². The van der Waals surface area contributed by atoms with Crippen molar-refractivity contribution in [3.63, 3.8) is 0 Å². The zero-order valence-corrected chi connectivity index (χ0v) is 21.6. The van der Waals surface area contributed by atoms with Crippen LogP contribution in [0.4, 0.5) is 5.69 Å². The lowest BCUT2D eigenvalue weighted by Crippen LogP contribution is -2.16. The fourth-order valence-electron chi connectivity index (χ4n) is 4.64. The second-order valence-corrected chi connectivity index (χ2v) is 9.40. The van der Waals surface area contributed by atoms with E-state index >= 15 is 0 Å². The molecule has 4 heterocycles. The maximum atomic E-state index is 13.3. The van der Waals surface area contributed by atoms with Gasteiger partial charge in [-0.2, -0.15) is 0 Å². The van der Waals surface area contributed by atoms with Gasteiger partial charge in [-0.25, -0.2) is 9.56 Å². The molecule has 1 fully saturated rings. The fraction of sp³-hybridized carbons (Fsp3) is 0.310. The summed E-state index contributed by atoms with van der Waals surface area (Å²) in [5.74, 6) is 0.462. The molecule has 2 unspecified atom stereocenters. The number of fused-ring (bicyclic) bond motifs is 1. The number of aromatic nitrogens is 3. The molecule has 1 amide bonds. The van der Waals surface area contributed by atoms with Crippen LogP contribution in [0.15, 0.2) is 61.1 Å². The normalized spacial score (nSPS) is 17.8. The van der Waals surface area contributed by atoms with Crippen LogP contribution in [0.25, 0.3) is 5.65 Å². The van der Waals surface area contributed by atoms with Crippen molar-refractivity contribution in [1.82, 2.24) is 14.4 Å². The Labute approximate surface area is 216 Å². The highest BCUT2D eigenvalue weighted by molar-refractivity contribution is 6.06. The van der Waals surface area contributed by atoms with Gasteiger partial charge in [0.1, 0.15) is 23.7 Å². The van der Waals surface area contributed by atoms with Crippen molar-refractivity contribution in [2.24, 2.45) is 0 Å². The van der Waals surface area contributed by atoms with Gasteiger partial charge in [0.15, 0.2) is 6.21 Å². The minimum atomic E-state index is -0.220. The maximum absolute atomic E-state index is 13.3. The van der Waals surface area contributed by atoms with E-state index in [0.29, 0.717) is 42.4 Å². The molecule has 1 aromatic carbocycles. The van der Waals surface area contributed by atoms with E-state index in [1.165, 1.54) is 5.56 Å².